The van der Waals surface area contributed by atoms with Gasteiger partial charge in [-0.3, -0.25) is 0 Å². The first-order valence-corrected chi connectivity index (χ1v) is 8.23. The molecule has 1 aromatic rings. The Hall–Kier alpha value is -0.486. The molecule has 0 bridgehead atoms. The van der Waals surface area contributed by atoms with E-state index in [2.05, 4.69) is 36.0 Å². The number of methoxy groups -OCH3 is 1. The van der Waals surface area contributed by atoms with Crippen molar-refractivity contribution in [3.63, 3.8) is 0 Å². The van der Waals surface area contributed by atoms with Crippen LogP contribution >= 0.6 is 0 Å². The fourth-order valence-corrected chi connectivity index (χ4v) is 1.16. The standard InChI is InChI=1S/C9H12O.C4H9NO3.C3H8.C2H6.CH3.Y/c10-8-4-7-9-5-2-1-3-6-9;1-8-4(7)5-2-3-6;1-3-2;1-2;;/h1-3,5-6,10H,4,7-8H2;6H,2-3H2,1H3,(H,5,7);3H2,1-2H3;1-2H3;1H3;/q;;;;-1;. The van der Waals surface area contributed by atoms with Gasteiger partial charge in [0.05, 0.1) is 13.7 Å². The van der Waals surface area contributed by atoms with Gasteiger partial charge in [-0.15, -0.1) is 0 Å². The fourth-order valence-electron chi connectivity index (χ4n) is 1.16. The number of alkyl carbamates (subject to hydrolysis) is 1. The molecule has 1 aromatic carbocycles. The molecule has 0 unspecified atom stereocenters. The van der Waals surface area contributed by atoms with Crippen molar-refractivity contribution in [2.24, 2.45) is 0 Å². The van der Waals surface area contributed by atoms with Crippen LogP contribution in [0.25, 0.3) is 0 Å². The summed E-state index contributed by atoms with van der Waals surface area (Å²) >= 11 is 0. The summed E-state index contributed by atoms with van der Waals surface area (Å²) in [4.78, 5) is 10.1. The smallest absolute Gasteiger partial charge is 0.406 e. The normalized spacial score (nSPS) is 7.48. The Morgan fingerprint density at radius 2 is 1.56 bits per heavy atom. The van der Waals surface area contributed by atoms with Crippen LogP contribution in [-0.4, -0.2) is 43.2 Å². The van der Waals surface area contributed by atoms with E-state index in [-0.39, 0.29) is 59.9 Å². The molecule has 0 aromatic heterocycles. The van der Waals surface area contributed by atoms with Gasteiger partial charge in [-0.25, -0.2) is 4.79 Å². The first-order valence-electron chi connectivity index (χ1n) is 8.23. The van der Waals surface area contributed by atoms with Crippen LogP contribution in [0.4, 0.5) is 4.79 Å². The predicted molar refractivity (Wildman–Crippen MR) is 103 cm³/mol. The van der Waals surface area contributed by atoms with E-state index in [1.165, 1.54) is 19.1 Å². The topological polar surface area (TPSA) is 78.8 Å². The van der Waals surface area contributed by atoms with Crippen molar-refractivity contribution in [1.82, 2.24) is 5.32 Å². The van der Waals surface area contributed by atoms with Crippen molar-refractivity contribution in [2.45, 2.75) is 47.0 Å². The van der Waals surface area contributed by atoms with Gasteiger partial charge in [0.1, 0.15) is 0 Å². The molecule has 25 heavy (non-hydrogen) atoms. The molecule has 0 aliphatic rings. The predicted octanol–water partition coefficient (Wildman–Crippen LogP) is 3.84. The maximum atomic E-state index is 10.1. The molecule has 0 spiro atoms. The van der Waals surface area contributed by atoms with E-state index < -0.39 is 6.09 Å². The van der Waals surface area contributed by atoms with E-state index in [9.17, 15) is 4.79 Å². The number of benzene rings is 1. The van der Waals surface area contributed by atoms with Gasteiger partial charge in [0.25, 0.3) is 0 Å². The number of carbonyl (C=O) groups is 1. The third-order valence-electron chi connectivity index (χ3n) is 2.03. The molecule has 0 aliphatic heterocycles. The van der Waals surface area contributed by atoms with Gasteiger partial charge in [0, 0.05) is 45.9 Å². The summed E-state index contributed by atoms with van der Waals surface area (Å²) in [7, 11) is 1.27. The summed E-state index contributed by atoms with van der Waals surface area (Å²) < 4.78 is 4.19. The monoisotopic (exact) mass is 433 g/mol. The van der Waals surface area contributed by atoms with Crippen LogP contribution in [0.1, 0.15) is 46.1 Å². The Balaban J connectivity index is -0.0000000809. The molecule has 0 heterocycles. The maximum Gasteiger partial charge on any atom is 0.406 e. The van der Waals surface area contributed by atoms with Crippen molar-refractivity contribution in [3.8, 4) is 0 Å². The number of aliphatic hydroxyl groups is 2. The zero-order valence-corrected chi connectivity index (χ0v) is 19.8. The molecule has 0 saturated heterocycles. The molecule has 147 valence electrons. The third-order valence-corrected chi connectivity index (χ3v) is 2.03. The number of nitrogens with one attached hydrogen (secondary N) is 1. The Morgan fingerprint density at radius 1 is 1.08 bits per heavy atom. The zero-order valence-electron chi connectivity index (χ0n) is 16.9. The summed E-state index contributed by atoms with van der Waals surface area (Å²) in [6, 6.07) is 10.2. The van der Waals surface area contributed by atoms with E-state index in [1.807, 2.05) is 32.0 Å². The molecule has 0 saturated carbocycles. The number of rotatable bonds is 5. The number of ether oxygens (including phenoxy) is 1. The molecule has 1 rings (SSSR count). The van der Waals surface area contributed by atoms with Gasteiger partial charge >= 0.3 is 6.09 Å². The van der Waals surface area contributed by atoms with E-state index >= 15 is 0 Å². The van der Waals surface area contributed by atoms with Gasteiger partial charge in [-0.05, 0) is 18.4 Å². The second kappa shape index (κ2) is 34.8. The van der Waals surface area contributed by atoms with Crippen LogP contribution < -0.4 is 5.32 Å². The summed E-state index contributed by atoms with van der Waals surface area (Å²) in [5.41, 5.74) is 1.30. The molecule has 1 amide bonds. The van der Waals surface area contributed by atoms with Crippen molar-refractivity contribution < 1.29 is 52.5 Å². The molecule has 0 atom stereocenters. The molecule has 6 heteroatoms. The van der Waals surface area contributed by atoms with Gasteiger partial charge in [-0.2, -0.15) is 0 Å². The van der Waals surface area contributed by atoms with Crippen LogP contribution in [0, 0.1) is 7.43 Å². The van der Waals surface area contributed by atoms with E-state index in [1.54, 1.807) is 0 Å². The van der Waals surface area contributed by atoms with Gasteiger partial charge in [-0.1, -0.05) is 64.4 Å². The molecule has 1 radical (unpaired) electrons. The van der Waals surface area contributed by atoms with Crippen LogP contribution in [0.5, 0.6) is 0 Å². The Bertz CT molecular complexity index is 324. The summed E-state index contributed by atoms with van der Waals surface area (Å²) in [6.45, 7) is 8.72. The maximum absolute atomic E-state index is 10.1. The first-order chi connectivity index (χ1) is 11.2. The van der Waals surface area contributed by atoms with E-state index in [0.29, 0.717) is 0 Å². The summed E-state index contributed by atoms with van der Waals surface area (Å²) in [6.07, 6.45) is 2.58. The second-order valence-corrected chi connectivity index (χ2v) is 4.16. The Kier molecular flexibility index (Phi) is 49.5. The quantitative estimate of drug-likeness (QED) is 0.617. The zero-order chi connectivity index (χ0) is 18.3. The van der Waals surface area contributed by atoms with Gasteiger partial charge < -0.3 is 27.7 Å². The SMILES string of the molecule is CC.CCC.COC(=O)NCCO.OCCCc1ccccc1.[CH3-].[Y]. The third kappa shape index (κ3) is 35.5. The van der Waals surface area contributed by atoms with Crippen molar-refractivity contribution >= 4 is 6.09 Å². The van der Waals surface area contributed by atoms with Crippen molar-refractivity contribution in [1.29, 1.82) is 0 Å². The minimum absolute atomic E-state index is 0. The largest absolute Gasteiger partial charge is 0.453 e. The second-order valence-electron chi connectivity index (χ2n) is 4.16. The first kappa shape index (κ1) is 35.6. The van der Waals surface area contributed by atoms with Crippen molar-refractivity contribution in [2.75, 3.05) is 26.9 Å². The number of aryl methyl sites for hydroxylation is 1. The van der Waals surface area contributed by atoms with Crippen LogP contribution in [0.2, 0.25) is 0 Å². The van der Waals surface area contributed by atoms with Crippen LogP contribution in [0.3, 0.4) is 0 Å². The van der Waals surface area contributed by atoms with Crippen LogP contribution in [-0.2, 0) is 43.9 Å². The van der Waals surface area contributed by atoms with E-state index in [0.717, 1.165) is 12.8 Å². The molecule has 0 aliphatic carbocycles. The van der Waals surface area contributed by atoms with Crippen molar-refractivity contribution in [3.05, 3.63) is 43.3 Å². The van der Waals surface area contributed by atoms with Crippen LogP contribution in [0.15, 0.2) is 30.3 Å². The number of aliphatic hydroxyl groups excluding tert-OH is 2. The average molecular weight is 433 g/mol. The molecular weight excluding hydrogens is 395 g/mol. The minimum atomic E-state index is -0.515. The van der Waals surface area contributed by atoms with Gasteiger partial charge in [0.15, 0.2) is 0 Å². The number of amides is 1. The minimum Gasteiger partial charge on any atom is -0.453 e. The van der Waals surface area contributed by atoms with E-state index in [4.69, 9.17) is 10.2 Å². The number of carbonyl (C=O) groups excluding carboxylic acids is 1. The number of hydrogen-bond donors (Lipinski definition) is 3. The fraction of sp³-hybridized carbons (Fsp3) is 0.579. The Labute approximate surface area is 180 Å². The Morgan fingerprint density at radius 3 is 1.92 bits per heavy atom. The average Bonchev–Trinajstić information content (AvgIpc) is 2.61. The summed E-state index contributed by atoms with van der Waals surface area (Å²) in [5, 5.41) is 18.9. The molecular formula is C19H38NO4Y-. The van der Waals surface area contributed by atoms with Gasteiger partial charge in [0.2, 0.25) is 0 Å². The molecule has 5 nitrogen and oxygen atoms in total. The molecule has 0 fully saturated rings. The molecule has 3 N–H and O–H groups in total. The summed E-state index contributed by atoms with van der Waals surface area (Å²) in [5.74, 6) is 0. The number of hydrogen-bond acceptors (Lipinski definition) is 4.